The highest BCUT2D eigenvalue weighted by molar-refractivity contribution is 7.99. The number of aliphatic hydroxyl groups is 1. The number of thioether (sulfide) groups is 1. The number of carbonyl (C=O) groups is 1. The van der Waals surface area contributed by atoms with Gasteiger partial charge in [0.05, 0.1) is 30.6 Å². The summed E-state index contributed by atoms with van der Waals surface area (Å²) in [6.45, 7) is 3.82. The summed E-state index contributed by atoms with van der Waals surface area (Å²) in [6.07, 6.45) is 2.37. The minimum Gasteiger partial charge on any atom is -0.394 e. The minimum atomic E-state index is -0.265. The van der Waals surface area contributed by atoms with Crippen LogP contribution in [-0.2, 0) is 4.79 Å². The third-order valence-electron chi connectivity index (χ3n) is 5.15. The maximum atomic E-state index is 13.1. The lowest BCUT2D eigenvalue weighted by molar-refractivity contribution is -0.122. The molecule has 2 N–H and O–H groups in total. The molecule has 0 radical (unpaired) electrons. The Balaban J connectivity index is 1.66. The van der Waals surface area contributed by atoms with Crippen molar-refractivity contribution < 1.29 is 9.90 Å². The van der Waals surface area contributed by atoms with E-state index in [-0.39, 0.29) is 36.6 Å². The normalized spacial score (nSPS) is 16.7. The Hall–Kier alpha value is -2.65. The Kier molecular flexibility index (Phi) is 5.42. The number of aromatic nitrogens is 4. The molecule has 3 aromatic rings. The SMILES string of the molecule is CCC(CO)NC(=O)CC1CSc2nc3c(cnn3-c3ccc(C)cc3)c(=O)n21. The van der Waals surface area contributed by atoms with Gasteiger partial charge in [0.2, 0.25) is 5.91 Å². The molecule has 1 aliphatic rings. The zero-order chi connectivity index (χ0) is 20.5. The lowest BCUT2D eigenvalue weighted by atomic mass is 10.2. The van der Waals surface area contributed by atoms with Crippen molar-refractivity contribution in [3.63, 3.8) is 0 Å². The summed E-state index contributed by atoms with van der Waals surface area (Å²) in [4.78, 5) is 30.2. The highest BCUT2D eigenvalue weighted by atomic mass is 32.2. The van der Waals surface area contributed by atoms with E-state index in [0.717, 1.165) is 11.3 Å². The Labute approximate surface area is 171 Å². The van der Waals surface area contributed by atoms with E-state index in [1.165, 1.54) is 18.0 Å². The summed E-state index contributed by atoms with van der Waals surface area (Å²) in [6, 6.07) is 7.34. The van der Waals surface area contributed by atoms with Crippen LogP contribution in [0.25, 0.3) is 16.7 Å². The molecule has 29 heavy (non-hydrogen) atoms. The molecule has 2 atom stereocenters. The van der Waals surface area contributed by atoms with Crippen LogP contribution in [0.3, 0.4) is 0 Å². The van der Waals surface area contributed by atoms with Crippen LogP contribution in [0.5, 0.6) is 0 Å². The third kappa shape index (κ3) is 3.67. The lowest BCUT2D eigenvalue weighted by Crippen LogP contribution is -2.38. The first-order valence-corrected chi connectivity index (χ1v) is 10.6. The largest absolute Gasteiger partial charge is 0.394 e. The minimum absolute atomic E-state index is 0.0986. The molecule has 152 valence electrons. The summed E-state index contributed by atoms with van der Waals surface area (Å²) in [7, 11) is 0. The highest BCUT2D eigenvalue weighted by Crippen LogP contribution is 2.33. The smallest absolute Gasteiger partial charge is 0.265 e. The standard InChI is InChI=1S/C20H23N5O3S/c1-3-13(10-26)22-17(27)8-15-11-29-20-23-18-16(19(28)24(15)20)9-21-25(18)14-6-4-12(2)5-7-14/h4-7,9,13,15,26H,3,8,10-11H2,1-2H3,(H,22,27). The van der Waals surface area contributed by atoms with Crippen LogP contribution in [0.15, 0.2) is 40.4 Å². The van der Waals surface area contributed by atoms with Gasteiger partial charge in [-0.3, -0.25) is 14.2 Å². The van der Waals surface area contributed by atoms with Crippen LogP contribution in [0.2, 0.25) is 0 Å². The van der Waals surface area contributed by atoms with Crippen LogP contribution < -0.4 is 10.9 Å². The fourth-order valence-corrected chi connectivity index (χ4v) is 4.56. The second kappa shape index (κ2) is 8.00. The van der Waals surface area contributed by atoms with E-state index in [1.54, 1.807) is 9.25 Å². The van der Waals surface area contributed by atoms with E-state index in [4.69, 9.17) is 0 Å². The number of fused-ring (bicyclic) bond motifs is 2. The van der Waals surface area contributed by atoms with Gasteiger partial charge >= 0.3 is 0 Å². The van der Waals surface area contributed by atoms with Gasteiger partial charge in [-0.15, -0.1) is 0 Å². The monoisotopic (exact) mass is 413 g/mol. The second-order valence-electron chi connectivity index (χ2n) is 7.22. The van der Waals surface area contributed by atoms with Crippen molar-refractivity contribution in [2.45, 2.75) is 43.9 Å². The Morgan fingerprint density at radius 3 is 2.83 bits per heavy atom. The number of aryl methyl sites for hydroxylation is 1. The molecular formula is C20H23N5O3S. The summed E-state index contributed by atoms with van der Waals surface area (Å²) in [5, 5.41) is 17.5. The highest BCUT2D eigenvalue weighted by Gasteiger charge is 2.30. The number of hydrogen-bond acceptors (Lipinski definition) is 6. The molecule has 4 rings (SSSR count). The molecule has 2 unspecified atom stereocenters. The molecule has 0 bridgehead atoms. The zero-order valence-corrected chi connectivity index (χ0v) is 17.1. The fraction of sp³-hybridized carbons (Fsp3) is 0.400. The van der Waals surface area contributed by atoms with Gasteiger partial charge in [0.25, 0.3) is 5.56 Å². The maximum Gasteiger partial charge on any atom is 0.265 e. The number of benzene rings is 1. The topological polar surface area (TPSA) is 102 Å². The molecule has 3 heterocycles. The summed E-state index contributed by atoms with van der Waals surface area (Å²) < 4.78 is 3.28. The van der Waals surface area contributed by atoms with E-state index in [0.29, 0.717) is 28.4 Å². The number of nitrogens with zero attached hydrogens (tertiary/aromatic N) is 4. The number of hydrogen-bond donors (Lipinski definition) is 2. The van der Waals surface area contributed by atoms with Gasteiger partial charge in [-0.2, -0.15) is 5.10 Å². The van der Waals surface area contributed by atoms with Crippen molar-refractivity contribution in [1.29, 1.82) is 0 Å². The molecular weight excluding hydrogens is 390 g/mol. The fourth-order valence-electron chi connectivity index (χ4n) is 3.43. The summed E-state index contributed by atoms with van der Waals surface area (Å²) in [5.74, 6) is 0.433. The van der Waals surface area contributed by atoms with Crippen LogP contribution in [0.4, 0.5) is 0 Å². The number of nitrogens with one attached hydrogen (secondary N) is 1. The van der Waals surface area contributed by atoms with Crippen LogP contribution in [-0.4, -0.2) is 48.7 Å². The number of aliphatic hydroxyl groups excluding tert-OH is 1. The predicted molar refractivity (Wildman–Crippen MR) is 112 cm³/mol. The molecule has 0 saturated heterocycles. The maximum absolute atomic E-state index is 13.1. The van der Waals surface area contributed by atoms with Gasteiger partial charge in [-0.05, 0) is 25.5 Å². The molecule has 0 aliphatic carbocycles. The third-order valence-corrected chi connectivity index (χ3v) is 6.25. The van der Waals surface area contributed by atoms with E-state index in [2.05, 4.69) is 15.4 Å². The molecule has 1 amide bonds. The van der Waals surface area contributed by atoms with Crippen molar-refractivity contribution >= 4 is 28.7 Å². The molecule has 2 aromatic heterocycles. The molecule has 8 nitrogen and oxygen atoms in total. The van der Waals surface area contributed by atoms with Crippen LogP contribution >= 0.6 is 11.8 Å². The van der Waals surface area contributed by atoms with Gasteiger partial charge in [0.15, 0.2) is 10.8 Å². The van der Waals surface area contributed by atoms with Crippen molar-refractivity contribution in [3.05, 3.63) is 46.4 Å². The van der Waals surface area contributed by atoms with Gasteiger partial charge in [-0.25, -0.2) is 9.67 Å². The van der Waals surface area contributed by atoms with Crippen molar-refractivity contribution in [2.75, 3.05) is 12.4 Å². The number of carbonyl (C=O) groups excluding carboxylic acids is 1. The Morgan fingerprint density at radius 2 is 2.14 bits per heavy atom. The van der Waals surface area contributed by atoms with Gasteiger partial charge < -0.3 is 10.4 Å². The quantitative estimate of drug-likeness (QED) is 0.598. The van der Waals surface area contributed by atoms with Crippen LogP contribution in [0, 0.1) is 6.92 Å². The summed E-state index contributed by atoms with van der Waals surface area (Å²) in [5.41, 5.74) is 2.33. The zero-order valence-electron chi connectivity index (χ0n) is 16.3. The molecule has 0 saturated carbocycles. The van der Waals surface area contributed by atoms with Gasteiger partial charge in [-0.1, -0.05) is 36.4 Å². The molecule has 0 fully saturated rings. The average Bonchev–Trinajstić information content (AvgIpc) is 3.32. The number of rotatable bonds is 6. The Bertz CT molecular complexity index is 1100. The second-order valence-corrected chi connectivity index (χ2v) is 8.21. The van der Waals surface area contributed by atoms with Crippen molar-refractivity contribution in [2.24, 2.45) is 0 Å². The number of amides is 1. The van der Waals surface area contributed by atoms with Crippen molar-refractivity contribution in [1.82, 2.24) is 24.6 Å². The van der Waals surface area contributed by atoms with E-state index in [9.17, 15) is 14.7 Å². The van der Waals surface area contributed by atoms with Crippen molar-refractivity contribution in [3.8, 4) is 5.69 Å². The van der Waals surface area contributed by atoms with E-state index >= 15 is 0 Å². The van der Waals surface area contributed by atoms with E-state index < -0.39 is 0 Å². The first kappa shape index (κ1) is 19.7. The molecule has 1 aromatic carbocycles. The van der Waals surface area contributed by atoms with Crippen LogP contribution in [0.1, 0.15) is 31.4 Å². The van der Waals surface area contributed by atoms with Gasteiger partial charge in [0.1, 0.15) is 5.39 Å². The molecule has 1 aliphatic heterocycles. The average molecular weight is 414 g/mol. The summed E-state index contributed by atoms with van der Waals surface area (Å²) >= 11 is 1.47. The molecule has 0 spiro atoms. The lowest BCUT2D eigenvalue weighted by Gasteiger charge is -2.17. The first-order chi connectivity index (χ1) is 14.0. The Morgan fingerprint density at radius 1 is 1.38 bits per heavy atom. The predicted octanol–water partition coefficient (Wildman–Crippen LogP) is 1.81. The first-order valence-electron chi connectivity index (χ1n) is 9.62. The molecule has 9 heteroatoms. The van der Waals surface area contributed by atoms with E-state index in [1.807, 2.05) is 38.1 Å². The van der Waals surface area contributed by atoms with Gasteiger partial charge in [0, 0.05) is 12.2 Å².